The average molecular weight is 301 g/mol. The van der Waals surface area contributed by atoms with Crippen molar-refractivity contribution in [1.29, 1.82) is 0 Å². The highest BCUT2D eigenvalue weighted by molar-refractivity contribution is 5.88. The Morgan fingerprint density at radius 3 is 2.68 bits per heavy atom. The van der Waals surface area contributed by atoms with Crippen molar-refractivity contribution in [2.45, 2.75) is 26.3 Å². The zero-order valence-corrected chi connectivity index (χ0v) is 12.8. The molecule has 0 aliphatic heterocycles. The third-order valence-electron chi connectivity index (χ3n) is 3.56. The average Bonchev–Trinajstić information content (AvgIpc) is 2.87. The largest absolute Gasteiger partial charge is 0.478 e. The molecule has 1 aromatic carbocycles. The molecule has 1 heterocycles. The van der Waals surface area contributed by atoms with Crippen LogP contribution in [0.4, 0.5) is 0 Å². The second-order valence-corrected chi connectivity index (χ2v) is 5.31. The predicted octanol–water partition coefficient (Wildman–Crippen LogP) is 1.85. The number of carboxylic acids is 1. The number of nitrogens with zero attached hydrogens (tertiary/aromatic N) is 2. The summed E-state index contributed by atoms with van der Waals surface area (Å²) in [4.78, 5) is 27.3. The molecule has 0 bridgehead atoms. The zero-order chi connectivity index (χ0) is 16.3. The zero-order valence-electron chi connectivity index (χ0n) is 12.8. The molecule has 0 spiro atoms. The first-order valence-corrected chi connectivity index (χ1v) is 6.98. The Bertz CT molecular complexity index is 706. The van der Waals surface area contributed by atoms with Crippen molar-refractivity contribution in [2.24, 2.45) is 7.05 Å². The van der Waals surface area contributed by atoms with Gasteiger partial charge in [-0.05, 0) is 37.1 Å². The standard InChI is InChI=1S/C16H19N3O3/c1-10-8-13(16(21)22)5-4-12(10)9-14(20)18-11(2)15-17-6-7-19(15)3/h4-8,11H,9H2,1-3H3,(H,18,20)(H,21,22). The van der Waals surface area contributed by atoms with E-state index in [9.17, 15) is 9.59 Å². The first-order valence-electron chi connectivity index (χ1n) is 6.98. The highest BCUT2D eigenvalue weighted by atomic mass is 16.4. The quantitative estimate of drug-likeness (QED) is 0.882. The summed E-state index contributed by atoms with van der Waals surface area (Å²) in [6, 6.07) is 4.59. The lowest BCUT2D eigenvalue weighted by Gasteiger charge is -2.14. The van der Waals surface area contributed by atoms with Gasteiger partial charge in [-0.2, -0.15) is 0 Å². The van der Waals surface area contributed by atoms with Gasteiger partial charge in [-0.1, -0.05) is 6.07 Å². The van der Waals surface area contributed by atoms with Crippen molar-refractivity contribution in [1.82, 2.24) is 14.9 Å². The fourth-order valence-electron chi connectivity index (χ4n) is 2.35. The van der Waals surface area contributed by atoms with Gasteiger partial charge in [0.05, 0.1) is 18.0 Å². The van der Waals surface area contributed by atoms with E-state index in [1.165, 1.54) is 6.07 Å². The highest BCUT2D eigenvalue weighted by Gasteiger charge is 2.15. The van der Waals surface area contributed by atoms with Crippen LogP contribution in [-0.2, 0) is 18.3 Å². The van der Waals surface area contributed by atoms with Crippen LogP contribution in [0.15, 0.2) is 30.6 Å². The maximum atomic E-state index is 12.1. The van der Waals surface area contributed by atoms with Gasteiger partial charge in [-0.15, -0.1) is 0 Å². The van der Waals surface area contributed by atoms with E-state index in [1.54, 1.807) is 25.3 Å². The number of nitrogens with one attached hydrogen (secondary N) is 1. The number of carboxylic acid groups (broad SMARTS) is 1. The molecule has 116 valence electrons. The Kier molecular flexibility index (Phi) is 4.60. The summed E-state index contributed by atoms with van der Waals surface area (Å²) in [6.45, 7) is 3.68. The molecule has 2 aromatic rings. The summed E-state index contributed by atoms with van der Waals surface area (Å²) in [6.07, 6.45) is 3.72. The van der Waals surface area contributed by atoms with E-state index in [4.69, 9.17) is 5.11 Å². The summed E-state index contributed by atoms with van der Waals surface area (Å²) in [5.41, 5.74) is 1.83. The maximum Gasteiger partial charge on any atom is 0.335 e. The van der Waals surface area contributed by atoms with E-state index in [2.05, 4.69) is 10.3 Å². The Hall–Kier alpha value is -2.63. The Morgan fingerprint density at radius 2 is 2.14 bits per heavy atom. The van der Waals surface area contributed by atoms with Gasteiger partial charge >= 0.3 is 5.97 Å². The summed E-state index contributed by atoms with van der Waals surface area (Å²) < 4.78 is 1.86. The van der Waals surface area contributed by atoms with Gasteiger partial charge in [0.1, 0.15) is 5.82 Å². The van der Waals surface area contributed by atoms with Crippen molar-refractivity contribution < 1.29 is 14.7 Å². The summed E-state index contributed by atoms with van der Waals surface area (Å²) in [5.74, 6) is -0.310. The molecule has 0 saturated heterocycles. The van der Waals surface area contributed by atoms with E-state index in [-0.39, 0.29) is 23.9 Å². The number of hydrogen-bond donors (Lipinski definition) is 2. The number of benzene rings is 1. The number of amides is 1. The van der Waals surface area contributed by atoms with Crippen LogP contribution in [0.5, 0.6) is 0 Å². The summed E-state index contributed by atoms with van der Waals surface area (Å²) >= 11 is 0. The van der Waals surface area contributed by atoms with Gasteiger partial charge in [0, 0.05) is 19.4 Å². The van der Waals surface area contributed by atoms with Gasteiger partial charge in [0.25, 0.3) is 0 Å². The molecule has 2 N–H and O–H groups in total. The Balaban J connectivity index is 2.03. The molecule has 1 amide bonds. The summed E-state index contributed by atoms with van der Waals surface area (Å²) in [7, 11) is 1.87. The normalized spacial score (nSPS) is 12.0. The fraction of sp³-hybridized carbons (Fsp3) is 0.312. The minimum Gasteiger partial charge on any atom is -0.478 e. The molecule has 1 aromatic heterocycles. The van der Waals surface area contributed by atoms with E-state index < -0.39 is 5.97 Å². The predicted molar refractivity (Wildman–Crippen MR) is 81.6 cm³/mol. The van der Waals surface area contributed by atoms with E-state index >= 15 is 0 Å². The molecule has 6 heteroatoms. The lowest BCUT2D eigenvalue weighted by atomic mass is 10.0. The number of aromatic nitrogens is 2. The maximum absolute atomic E-state index is 12.1. The van der Waals surface area contributed by atoms with Crippen LogP contribution in [0.25, 0.3) is 0 Å². The van der Waals surface area contributed by atoms with Gasteiger partial charge in [0.2, 0.25) is 5.91 Å². The van der Waals surface area contributed by atoms with Gasteiger partial charge in [0.15, 0.2) is 0 Å². The number of rotatable bonds is 5. The first-order chi connectivity index (χ1) is 10.4. The molecule has 0 radical (unpaired) electrons. The number of imidazole rings is 1. The number of carbonyl (C=O) groups is 2. The number of aryl methyl sites for hydroxylation is 2. The molecule has 1 atom stereocenters. The smallest absolute Gasteiger partial charge is 0.335 e. The van der Waals surface area contributed by atoms with Crippen molar-refractivity contribution >= 4 is 11.9 Å². The van der Waals surface area contributed by atoms with Crippen LogP contribution in [-0.4, -0.2) is 26.5 Å². The Labute approximate surface area is 128 Å². The number of hydrogen-bond acceptors (Lipinski definition) is 3. The molecule has 0 saturated carbocycles. The van der Waals surface area contributed by atoms with Gasteiger partial charge in [-0.25, -0.2) is 9.78 Å². The molecular weight excluding hydrogens is 282 g/mol. The highest BCUT2D eigenvalue weighted by Crippen LogP contribution is 2.13. The minimum absolute atomic E-state index is 0.123. The molecule has 2 rings (SSSR count). The molecule has 0 aliphatic rings. The van der Waals surface area contributed by atoms with Crippen molar-refractivity contribution in [2.75, 3.05) is 0 Å². The lowest BCUT2D eigenvalue weighted by Crippen LogP contribution is -2.29. The third kappa shape index (κ3) is 3.52. The molecular formula is C16H19N3O3. The second kappa shape index (κ2) is 6.43. The van der Waals surface area contributed by atoms with Crippen LogP contribution in [0, 0.1) is 6.92 Å². The third-order valence-corrected chi connectivity index (χ3v) is 3.56. The fourth-order valence-corrected chi connectivity index (χ4v) is 2.35. The molecule has 6 nitrogen and oxygen atoms in total. The van der Waals surface area contributed by atoms with Crippen LogP contribution in [0.3, 0.4) is 0 Å². The second-order valence-electron chi connectivity index (χ2n) is 5.31. The SMILES string of the molecule is Cc1cc(C(=O)O)ccc1CC(=O)NC(C)c1nccn1C. The van der Waals surface area contributed by atoms with Crippen LogP contribution in [0.2, 0.25) is 0 Å². The number of carbonyl (C=O) groups excluding carboxylic acids is 1. The van der Waals surface area contributed by atoms with Gasteiger partial charge < -0.3 is 15.0 Å². The van der Waals surface area contributed by atoms with Crippen molar-refractivity contribution in [3.8, 4) is 0 Å². The minimum atomic E-state index is -0.970. The molecule has 1 unspecified atom stereocenters. The summed E-state index contributed by atoms with van der Waals surface area (Å²) in [5, 5.41) is 11.8. The number of aromatic carboxylic acids is 1. The van der Waals surface area contributed by atoms with Crippen molar-refractivity contribution in [3.05, 3.63) is 53.1 Å². The van der Waals surface area contributed by atoms with E-state index in [1.807, 2.05) is 24.7 Å². The monoisotopic (exact) mass is 301 g/mol. The first kappa shape index (κ1) is 15.8. The molecule has 22 heavy (non-hydrogen) atoms. The van der Waals surface area contributed by atoms with E-state index in [0.29, 0.717) is 0 Å². The lowest BCUT2D eigenvalue weighted by molar-refractivity contribution is -0.121. The molecule has 0 fully saturated rings. The van der Waals surface area contributed by atoms with Crippen LogP contribution >= 0.6 is 0 Å². The van der Waals surface area contributed by atoms with Crippen LogP contribution < -0.4 is 5.32 Å². The topological polar surface area (TPSA) is 84.2 Å². The van der Waals surface area contributed by atoms with E-state index in [0.717, 1.165) is 17.0 Å². The van der Waals surface area contributed by atoms with Crippen molar-refractivity contribution in [3.63, 3.8) is 0 Å². The van der Waals surface area contributed by atoms with Crippen LogP contribution in [0.1, 0.15) is 40.3 Å². The Morgan fingerprint density at radius 1 is 1.41 bits per heavy atom. The van der Waals surface area contributed by atoms with Gasteiger partial charge in [-0.3, -0.25) is 4.79 Å². The molecule has 0 aliphatic carbocycles.